The molecule has 0 spiro atoms. The molecular formula is C25H18FN3O4. The summed E-state index contributed by atoms with van der Waals surface area (Å²) in [5.41, 5.74) is 4.52. The number of carbonyl (C=O) groups is 2. The number of ether oxygens (including phenoxy) is 1. The Morgan fingerprint density at radius 1 is 1.00 bits per heavy atom. The van der Waals surface area contributed by atoms with E-state index in [-0.39, 0.29) is 29.6 Å². The van der Waals surface area contributed by atoms with Crippen molar-refractivity contribution in [1.29, 1.82) is 0 Å². The SMILES string of the molecule is O=C(Nc1ccc(-n2ccc(C(=O)O)n2)c(F)c1)OCC1c2ccccc2-c2ccccc21. The first-order valence-electron chi connectivity index (χ1n) is 10.2. The lowest BCUT2D eigenvalue weighted by Gasteiger charge is -2.15. The van der Waals surface area contributed by atoms with Crippen molar-refractivity contribution in [3.05, 3.63) is 102 Å². The van der Waals surface area contributed by atoms with Crippen LogP contribution in [0.2, 0.25) is 0 Å². The number of benzene rings is 3. The smallest absolute Gasteiger partial charge is 0.411 e. The Kier molecular flexibility index (Phi) is 5.10. The minimum Gasteiger partial charge on any atom is -0.476 e. The summed E-state index contributed by atoms with van der Waals surface area (Å²) >= 11 is 0. The highest BCUT2D eigenvalue weighted by molar-refractivity contribution is 5.86. The molecular weight excluding hydrogens is 425 g/mol. The van der Waals surface area contributed by atoms with Crippen molar-refractivity contribution in [2.45, 2.75) is 5.92 Å². The predicted molar refractivity (Wildman–Crippen MR) is 119 cm³/mol. The minimum atomic E-state index is -1.21. The van der Waals surface area contributed by atoms with Crippen molar-refractivity contribution in [2.24, 2.45) is 0 Å². The number of carboxylic acids is 1. The number of fused-ring (bicyclic) bond motifs is 3. The van der Waals surface area contributed by atoms with Gasteiger partial charge in [-0.05, 0) is 46.5 Å². The maximum absolute atomic E-state index is 14.6. The van der Waals surface area contributed by atoms with Gasteiger partial charge in [0.1, 0.15) is 12.3 Å². The number of carbonyl (C=O) groups excluding carboxylic acids is 1. The number of anilines is 1. The van der Waals surface area contributed by atoms with Crippen LogP contribution in [-0.2, 0) is 4.74 Å². The molecule has 1 amide bonds. The molecule has 1 aliphatic carbocycles. The van der Waals surface area contributed by atoms with Crippen LogP contribution in [0, 0.1) is 5.82 Å². The maximum Gasteiger partial charge on any atom is 0.411 e. The normalized spacial score (nSPS) is 12.2. The van der Waals surface area contributed by atoms with Gasteiger partial charge in [-0.2, -0.15) is 5.10 Å². The number of aromatic nitrogens is 2. The lowest BCUT2D eigenvalue weighted by molar-refractivity contribution is 0.0690. The van der Waals surface area contributed by atoms with E-state index in [1.54, 1.807) is 0 Å². The Morgan fingerprint density at radius 2 is 1.67 bits per heavy atom. The highest BCUT2D eigenvalue weighted by atomic mass is 19.1. The molecule has 0 saturated carbocycles. The summed E-state index contributed by atoms with van der Waals surface area (Å²) in [7, 11) is 0. The number of hydrogen-bond acceptors (Lipinski definition) is 4. The van der Waals surface area contributed by atoms with Crippen LogP contribution in [0.3, 0.4) is 0 Å². The van der Waals surface area contributed by atoms with E-state index in [2.05, 4.69) is 22.5 Å². The summed E-state index contributed by atoms with van der Waals surface area (Å²) in [6.45, 7) is 0.145. The van der Waals surface area contributed by atoms with Gasteiger partial charge in [-0.1, -0.05) is 48.5 Å². The molecule has 1 heterocycles. The highest BCUT2D eigenvalue weighted by Gasteiger charge is 2.29. The van der Waals surface area contributed by atoms with E-state index in [0.717, 1.165) is 33.0 Å². The number of hydrogen-bond donors (Lipinski definition) is 2. The molecule has 1 aliphatic rings. The molecule has 4 aromatic rings. The summed E-state index contributed by atoms with van der Waals surface area (Å²) < 4.78 is 21.2. The topological polar surface area (TPSA) is 93.5 Å². The largest absolute Gasteiger partial charge is 0.476 e. The van der Waals surface area contributed by atoms with E-state index in [4.69, 9.17) is 9.84 Å². The van der Waals surface area contributed by atoms with Gasteiger partial charge < -0.3 is 9.84 Å². The van der Waals surface area contributed by atoms with Gasteiger partial charge in [-0.3, -0.25) is 5.32 Å². The lowest BCUT2D eigenvalue weighted by atomic mass is 9.98. The van der Waals surface area contributed by atoms with Gasteiger partial charge in [0.25, 0.3) is 0 Å². The average Bonchev–Trinajstić information content (AvgIpc) is 3.42. The lowest BCUT2D eigenvalue weighted by Crippen LogP contribution is -2.18. The molecule has 2 N–H and O–H groups in total. The van der Waals surface area contributed by atoms with Gasteiger partial charge in [0, 0.05) is 17.8 Å². The van der Waals surface area contributed by atoms with Gasteiger partial charge in [0.05, 0.1) is 0 Å². The molecule has 3 aromatic carbocycles. The third-order valence-corrected chi connectivity index (χ3v) is 5.59. The monoisotopic (exact) mass is 443 g/mol. The average molecular weight is 443 g/mol. The summed E-state index contributed by atoms with van der Waals surface area (Å²) in [5, 5.41) is 15.3. The van der Waals surface area contributed by atoms with Crippen molar-refractivity contribution in [3.8, 4) is 16.8 Å². The highest BCUT2D eigenvalue weighted by Crippen LogP contribution is 2.44. The van der Waals surface area contributed by atoms with Crippen LogP contribution in [0.15, 0.2) is 79.0 Å². The second kappa shape index (κ2) is 8.23. The van der Waals surface area contributed by atoms with Crippen LogP contribution in [0.5, 0.6) is 0 Å². The van der Waals surface area contributed by atoms with E-state index in [0.29, 0.717) is 0 Å². The van der Waals surface area contributed by atoms with Crippen molar-refractivity contribution in [1.82, 2.24) is 9.78 Å². The minimum absolute atomic E-state index is 0.0561. The van der Waals surface area contributed by atoms with E-state index < -0.39 is 17.9 Å². The van der Waals surface area contributed by atoms with Crippen molar-refractivity contribution < 1.29 is 23.8 Å². The zero-order chi connectivity index (χ0) is 22.9. The zero-order valence-corrected chi connectivity index (χ0v) is 17.2. The molecule has 0 bridgehead atoms. The van der Waals surface area contributed by atoms with Gasteiger partial charge in [0.2, 0.25) is 0 Å². The number of amides is 1. The van der Waals surface area contributed by atoms with Crippen LogP contribution in [0.4, 0.5) is 14.9 Å². The molecule has 1 aromatic heterocycles. The molecule has 0 atom stereocenters. The fraction of sp³-hybridized carbons (Fsp3) is 0.0800. The van der Waals surface area contributed by atoms with E-state index in [9.17, 15) is 14.0 Å². The van der Waals surface area contributed by atoms with Crippen molar-refractivity contribution >= 4 is 17.7 Å². The Morgan fingerprint density at radius 3 is 2.27 bits per heavy atom. The van der Waals surface area contributed by atoms with Gasteiger partial charge in [-0.15, -0.1) is 0 Å². The van der Waals surface area contributed by atoms with Crippen molar-refractivity contribution in [3.63, 3.8) is 0 Å². The van der Waals surface area contributed by atoms with Gasteiger partial charge in [-0.25, -0.2) is 18.7 Å². The Bertz CT molecular complexity index is 1340. The van der Waals surface area contributed by atoms with E-state index >= 15 is 0 Å². The standard InChI is InChI=1S/C25H18FN3O4/c26-21-13-15(9-10-23(21)29-12-11-22(28-29)24(30)31)27-25(32)33-14-20-18-7-3-1-5-16(18)17-6-2-4-8-19(17)20/h1-13,20H,14H2,(H,27,32)(H,30,31). The summed E-state index contributed by atoms with van der Waals surface area (Å²) in [4.78, 5) is 23.4. The van der Waals surface area contributed by atoms with Crippen LogP contribution >= 0.6 is 0 Å². The molecule has 33 heavy (non-hydrogen) atoms. The van der Waals surface area contributed by atoms with E-state index in [1.165, 1.54) is 24.4 Å². The first-order valence-corrected chi connectivity index (χ1v) is 10.2. The Labute approximate surface area is 188 Å². The fourth-order valence-electron chi connectivity index (χ4n) is 4.09. The fourth-order valence-corrected chi connectivity index (χ4v) is 4.09. The third-order valence-electron chi connectivity index (χ3n) is 5.59. The third kappa shape index (κ3) is 3.82. The molecule has 7 nitrogen and oxygen atoms in total. The number of halogens is 1. The number of nitrogens with one attached hydrogen (secondary N) is 1. The number of nitrogens with zero attached hydrogens (tertiary/aromatic N) is 2. The zero-order valence-electron chi connectivity index (χ0n) is 17.2. The van der Waals surface area contributed by atoms with Crippen LogP contribution in [-0.4, -0.2) is 33.6 Å². The molecule has 8 heteroatoms. The molecule has 5 rings (SSSR count). The van der Waals surface area contributed by atoms with Crippen molar-refractivity contribution in [2.75, 3.05) is 11.9 Å². The predicted octanol–water partition coefficient (Wildman–Crippen LogP) is 5.07. The first kappa shape index (κ1) is 20.4. The van der Waals surface area contributed by atoms with E-state index in [1.807, 2.05) is 36.4 Å². The quantitative estimate of drug-likeness (QED) is 0.449. The van der Waals surface area contributed by atoms with Gasteiger partial charge in [0.15, 0.2) is 11.5 Å². The molecule has 0 fully saturated rings. The number of carboxylic acid groups (broad SMARTS) is 1. The molecule has 0 aliphatic heterocycles. The first-order chi connectivity index (χ1) is 16.0. The second-order valence-electron chi connectivity index (χ2n) is 7.57. The number of aromatic carboxylic acids is 1. The second-order valence-corrected chi connectivity index (χ2v) is 7.57. The summed E-state index contributed by atoms with van der Waals surface area (Å²) in [5.74, 6) is -1.96. The van der Waals surface area contributed by atoms with Crippen LogP contribution in [0.25, 0.3) is 16.8 Å². The number of rotatable bonds is 5. The van der Waals surface area contributed by atoms with Crippen LogP contribution < -0.4 is 5.32 Å². The molecule has 0 unspecified atom stereocenters. The summed E-state index contributed by atoms with van der Waals surface area (Å²) in [6.07, 6.45) is 0.650. The maximum atomic E-state index is 14.6. The Hall–Kier alpha value is -4.46. The molecule has 0 saturated heterocycles. The van der Waals surface area contributed by atoms with Crippen LogP contribution in [0.1, 0.15) is 27.5 Å². The summed E-state index contributed by atoms with van der Waals surface area (Å²) in [6, 6.07) is 21.3. The Balaban J connectivity index is 1.27. The van der Waals surface area contributed by atoms with Gasteiger partial charge >= 0.3 is 12.1 Å². The molecule has 0 radical (unpaired) electrons. The molecule has 164 valence electrons.